The topological polar surface area (TPSA) is 52.2 Å². The second-order valence-corrected chi connectivity index (χ2v) is 3.78. The molecule has 1 amide bonds. The first kappa shape index (κ1) is 7.81. The molecule has 1 atom stereocenters. The van der Waals surface area contributed by atoms with E-state index in [1.165, 1.54) is 6.92 Å². The third kappa shape index (κ3) is 1.60. The summed E-state index contributed by atoms with van der Waals surface area (Å²) in [5, 5.41) is -1.62. The Bertz CT molecular complexity index is 160. The highest BCUT2D eigenvalue weighted by molar-refractivity contribution is 7.91. The van der Waals surface area contributed by atoms with Gasteiger partial charge in [-0.2, -0.15) is 9.11 Å². The summed E-state index contributed by atoms with van der Waals surface area (Å²) >= 11 is -1.82. The van der Waals surface area contributed by atoms with Gasteiger partial charge in [0.2, 0.25) is 0 Å². The maximum absolute atomic E-state index is 12.7. The van der Waals surface area contributed by atoms with Crippen LogP contribution < -0.4 is 4.72 Å². The molecule has 1 unspecified atom stereocenters. The summed E-state index contributed by atoms with van der Waals surface area (Å²) in [6, 6.07) is 0. The third-order valence-electron chi connectivity index (χ3n) is 1.21. The molecule has 0 saturated heterocycles. The molecule has 0 aliphatic heterocycles. The van der Waals surface area contributed by atoms with Crippen LogP contribution in [0.15, 0.2) is 0 Å². The zero-order valence-electron chi connectivity index (χ0n) is 5.52. The number of halogens is 1. The lowest BCUT2D eigenvalue weighted by Crippen LogP contribution is -2.36. The smallest absolute Gasteiger partial charge is 0.287 e. The predicted octanol–water partition coefficient (Wildman–Crippen LogP) is 0.246. The molecule has 1 rings (SSSR count). The predicted molar refractivity (Wildman–Crippen MR) is 35.0 cm³/mol. The Morgan fingerprint density at radius 2 is 2.30 bits per heavy atom. The zero-order valence-corrected chi connectivity index (χ0v) is 6.33. The molecule has 58 valence electrons. The number of carbonyl (C=O) groups excluding carboxylic acids is 1. The minimum Gasteiger partial charge on any atom is -0.590 e. The summed E-state index contributed by atoms with van der Waals surface area (Å²) in [5.74, 6) is -0.456. The highest BCUT2D eigenvalue weighted by Crippen LogP contribution is 2.44. The van der Waals surface area contributed by atoms with Gasteiger partial charge in [0.05, 0.1) is 0 Å². The molecule has 3 nitrogen and oxygen atoms in total. The summed E-state index contributed by atoms with van der Waals surface area (Å²) in [5.41, 5.74) is 0. The Morgan fingerprint density at radius 3 is 2.60 bits per heavy atom. The standard InChI is InChI=1S/C5H8FNO2S/c1-4(8)7-10(9)5(6)2-3-5/h2-3H2,1H3,(H,7,8). The molecule has 1 saturated carbocycles. The van der Waals surface area contributed by atoms with Crippen LogP contribution in [0.5, 0.6) is 0 Å². The Hall–Kier alpha value is -0.290. The molecule has 10 heavy (non-hydrogen) atoms. The zero-order chi connectivity index (χ0) is 7.78. The summed E-state index contributed by atoms with van der Waals surface area (Å²) in [6.45, 7) is 1.21. The molecule has 0 aromatic carbocycles. The van der Waals surface area contributed by atoms with Crippen LogP contribution in [0.1, 0.15) is 19.8 Å². The normalized spacial score (nSPS) is 23.5. The van der Waals surface area contributed by atoms with E-state index >= 15 is 0 Å². The summed E-state index contributed by atoms with van der Waals surface area (Å²) < 4.78 is 25.5. The number of alkyl halides is 1. The molecule has 1 aliphatic carbocycles. The fraction of sp³-hybridized carbons (Fsp3) is 0.800. The second kappa shape index (κ2) is 2.39. The quantitative estimate of drug-likeness (QED) is 0.596. The minimum atomic E-state index is -1.82. The summed E-state index contributed by atoms with van der Waals surface area (Å²) in [7, 11) is 0. The van der Waals surface area contributed by atoms with E-state index < -0.39 is 22.3 Å². The van der Waals surface area contributed by atoms with Crippen LogP contribution in [-0.2, 0) is 16.2 Å². The molecular formula is C5H8FNO2S. The molecule has 0 aromatic rings. The largest absolute Gasteiger partial charge is 0.590 e. The maximum atomic E-state index is 12.7. The van der Waals surface area contributed by atoms with Crippen LogP contribution in [0.4, 0.5) is 4.39 Å². The van der Waals surface area contributed by atoms with Crippen molar-refractivity contribution < 1.29 is 13.7 Å². The Kier molecular flexibility index (Phi) is 1.87. The van der Waals surface area contributed by atoms with Crippen LogP contribution in [0.2, 0.25) is 0 Å². The van der Waals surface area contributed by atoms with E-state index in [0.717, 1.165) is 0 Å². The van der Waals surface area contributed by atoms with E-state index in [1.807, 2.05) is 4.72 Å². The van der Waals surface area contributed by atoms with Crippen LogP contribution >= 0.6 is 0 Å². The lowest BCUT2D eigenvalue weighted by atomic mass is 10.8. The number of hydrogen-bond acceptors (Lipinski definition) is 2. The molecule has 0 radical (unpaired) electrons. The highest BCUT2D eigenvalue weighted by atomic mass is 32.2. The van der Waals surface area contributed by atoms with Gasteiger partial charge in [-0.25, -0.2) is 0 Å². The SMILES string of the molecule is CC(=O)N[S+]([O-])C1(F)CC1. The average molecular weight is 165 g/mol. The van der Waals surface area contributed by atoms with Gasteiger partial charge in [-0.15, -0.1) is 0 Å². The van der Waals surface area contributed by atoms with Gasteiger partial charge in [-0.05, 0) is 0 Å². The molecule has 1 N–H and O–H groups in total. The summed E-state index contributed by atoms with van der Waals surface area (Å²) in [6.07, 6.45) is 0.583. The molecular weight excluding hydrogens is 157 g/mol. The molecule has 5 heteroatoms. The number of amides is 1. The van der Waals surface area contributed by atoms with E-state index in [2.05, 4.69) is 0 Å². The van der Waals surface area contributed by atoms with E-state index in [9.17, 15) is 13.7 Å². The van der Waals surface area contributed by atoms with Crippen molar-refractivity contribution >= 4 is 17.3 Å². The van der Waals surface area contributed by atoms with Crippen molar-refractivity contribution in [2.45, 2.75) is 24.8 Å². The van der Waals surface area contributed by atoms with Crippen molar-refractivity contribution in [2.24, 2.45) is 0 Å². The first-order valence-electron chi connectivity index (χ1n) is 2.93. The van der Waals surface area contributed by atoms with Crippen LogP contribution in [0.25, 0.3) is 0 Å². The van der Waals surface area contributed by atoms with Crippen molar-refractivity contribution in [3.8, 4) is 0 Å². The summed E-state index contributed by atoms with van der Waals surface area (Å²) in [4.78, 5) is 10.3. The van der Waals surface area contributed by atoms with E-state index in [4.69, 9.17) is 0 Å². The second-order valence-electron chi connectivity index (χ2n) is 2.31. The number of rotatable bonds is 2. The maximum Gasteiger partial charge on any atom is 0.287 e. The number of nitrogens with one attached hydrogen (secondary N) is 1. The van der Waals surface area contributed by atoms with Crippen LogP contribution in [0.3, 0.4) is 0 Å². The molecule has 0 bridgehead atoms. The van der Waals surface area contributed by atoms with Crippen LogP contribution in [-0.4, -0.2) is 15.5 Å². The van der Waals surface area contributed by atoms with Gasteiger partial charge in [0.1, 0.15) is 11.4 Å². The van der Waals surface area contributed by atoms with Gasteiger partial charge in [-0.1, -0.05) is 0 Å². The lowest BCUT2D eigenvalue weighted by molar-refractivity contribution is -0.117. The fourth-order valence-electron chi connectivity index (χ4n) is 0.506. The molecule has 1 aliphatic rings. The van der Waals surface area contributed by atoms with E-state index in [-0.39, 0.29) is 0 Å². The monoisotopic (exact) mass is 165 g/mol. The van der Waals surface area contributed by atoms with E-state index in [1.54, 1.807) is 0 Å². The van der Waals surface area contributed by atoms with Gasteiger partial charge in [-0.3, -0.25) is 4.79 Å². The molecule has 0 heterocycles. The average Bonchev–Trinajstić information content (AvgIpc) is 2.47. The van der Waals surface area contributed by atoms with Crippen molar-refractivity contribution in [1.82, 2.24) is 4.72 Å². The number of hydrogen-bond donors (Lipinski definition) is 1. The van der Waals surface area contributed by atoms with E-state index in [0.29, 0.717) is 12.8 Å². The van der Waals surface area contributed by atoms with Crippen molar-refractivity contribution in [3.05, 3.63) is 0 Å². The van der Waals surface area contributed by atoms with Crippen LogP contribution in [0, 0.1) is 0 Å². The first-order chi connectivity index (χ1) is 4.54. The highest BCUT2D eigenvalue weighted by Gasteiger charge is 2.56. The van der Waals surface area contributed by atoms with Crippen molar-refractivity contribution in [2.75, 3.05) is 0 Å². The molecule has 0 spiro atoms. The third-order valence-corrected chi connectivity index (χ3v) is 2.76. The Balaban J connectivity index is 2.34. The van der Waals surface area contributed by atoms with Gasteiger partial charge < -0.3 is 4.55 Å². The van der Waals surface area contributed by atoms with Gasteiger partial charge in [0, 0.05) is 19.8 Å². The molecule has 1 fully saturated rings. The Labute approximate surface area is 61.3 Å². The lowest BCUT2D eigenvalue weighted by Gasteiger charge is -2.11. The van der Waals surface area contributed by atoms with Gasteiger partial charge in [0.15, 0.2) is 0 Å². The first-order valence-corrected chi connectivity index (χ1v) is 4.07. The van der Waals surface area contributed by atoms with Gasteiger partial charge >= 0.3 is 0 Å². The van der Waals surface area contributed by atoms with Crippen molar-refractivity contribution in [3.63, 3.8) is 0 Å². The fourth-order valence-corrected chi connectivity index (χ4v) is 1.42. The number of carbonyl (C=O) groups is 1. The Morgan fingerprint density at radius 1 is 1.80 bits per heavy atom. The van der Waals surface area contributed by atoms with Crippen molar-refractivity contribution in [1.29, 1.82) is 0 Å². The van der Waals surface area contributed by atoms with Gasteiger partial charge in [0.25, 0.3) is 10.9 Å². The minimum absolute atomic E-state index is 0.292. The molecule has 0 aromatic heterocycles.